The lowest BCUT2D eigenvalue weighted by atomic mass is 10.1. The SMILES string of the molecule is CCC(Cc1nc2c([nH]1)c(=O)n(C)c(=O)n2C)N1CCNCC1. The Bertz CT molecular complexity index is 812. The molecule has 1 aliphatic heterocycles. The third-order valence-electron chi connectivity index (χ3n) is 4.71. The van der Waals surface area contributed by atoms with E-state index in [1.165, 1.54) is 11.6 Å². The second-order valence-corrected chi connectivity index (χ2v) is 6.14. The minimum Gasteiger partial charge on any atom is -0.336 e. The van der Waals surface area contributed by atoms with Gasteiger partial charge in [-0.15, -0.1) is 0 Å². The molecule has 1 fully saturated rings. The number of H-pyrrole nitrogens is 1. The molecule has 126 valence electrons. The highest BCUT2D eigenvalue weighted by atomic mass is 16.2. The van der Waals surface area contributed by atoms with E-state index >= 15 is 0 Å². The Morgan fingerprint density at radius 3 is 2.52 bits per heavy atom. The Kier molecular flexibility index (Phi) is 4.36. The number of nitrogens with one attached hydrogen (secondary N) is 2. The predicted molar refractivity (Wildman–Crippen MR) is 88.8 cm³/mol. The topological polar surface area (TPSA) is 88.0 Å². The van der Waals surface area contributed by atoms with Crippen LogP contribution in [0.2, 0.25) is 0 Å². The Labute approximate surface area is 134 Å². The van der Waals surface area contributed by atoms with Gasteiger partial charge in [-0.2, -0.15) is 0 Å². The number of aryl methyl sites for hydroxylation is 1. The molecular weight excluding hydrogens is 296 g/mol. The summed E-state index contributed by atoms with van der Waals surface area (Å²) in [4.78, 5) is 34.3. The van der Waals surface area contributed by atoms with Crippen LogP contribution in [0.5, 0.6) is 0 Å². The molecule has 1 saturated heterocycles. The fourth-order valence-corrected chi connectivity index (χ4v) is 3.27. The van der Waals surface area contributed by atoms with Gasteiger partial charge in [-0.05, 0) is 6.42 Å². The highest BCUT2D eigenvalue weighted by Gasteiger charge is 2.21. The van der Waals surface area contributed by atoms with Gasteiger partial charge < -0.3 is 10.3 Å². The summed E-state index contributed by atoms with van der Waals surface area (Å²) in [5, 5.41) is 3.36. The summed E-state index contributed by atoms with van der Waals surface area (Å²) in [5.41, 5.74) is 0.162. The Balaban J connectivity index is 1.94. The van der Waals surface area contributed by atoms with Gasteiger partial charge >= 0.3 is 5.69 Å². The van der Waals surface area contributed by atoms with Gasteiger partial charge in [-0.25, -0.2) is 9.78 Å². The molecule has 0 aromatic carbocycles. The lowest BCUT2D eigenvalue weighted by Gasteiger charge is -2.34. The first-order valence-electron chi connectivity index (χ1n) is 8.12. The third-order valence-corrected chi connectivity index (χ3v) is 4.71. The summed E-state index contributed by atoms with van der Waals surface area (Å²) in [6.45, 7) is 6.24. The molecule has 3 rings (SSSR count). The third kappa shape index (κ3) is 2.84. The second-order valence-electron chi connectivity index (χ2n) is 6.14. The fourth-order valence-electron chi connectivity index (χ4n) is 3.27. The zero-order valence-electron chi connectivity index (χ0n) is 13.9. The number of rotatable bonds is 4. The van der Waals surface area contributed by atoms with Gasteiger partial charge in [0.2, 0.25) is 0 Å². The molecular formula is C15H24N6O2. The molecule has 3 heterocycles. The van der Waals surface area contributed by atoms with Gasteiger partial charge in [0.1, 0.15) is 11.3 Å². The van der Waals surface area contributed by atoms with E-state index in [9.17, 15) is 9.59 Å². The molecule has 1 unspecified atom stereocenters. The van der Waals surface area contributed by atoms with Gasteiger partial charge in [0.25, 0.3) is 5.56 Å². The maximum Gasteiger partial charge on any atom is 0.332 e. The predicted octanol–water partition coefficient (Wildman–Crippen LogP) is -0.813. The van der Waals surface area contributed by atoms with Crippen LogP contribution in [0.3, 0.4) is 0 Å². The maximum absolute atomic E-state index is 12.2. The van der Waals surface area contributed by atoms with E-state index in [-0.39, 0.29) is 11.2 Å². The lowest BCUT2D eigenvalue weighted by molar-refractivity contribution is 0.166. The van der Waals surface area contributed by atoms with Crippen LogP contribution in [0.1, 0.15) is 19.2 Å². The van der Waals surface area contributed by atoms with Crippen molar-refractivity contribution in [2.75, 3.05) is 26.2 Å². The minimum atomic E-state index is -0.352. The number of imidazole rings is 1. The molecule has 2 N–H and O–H groups in total. The highest BCUT2D eigenvalue weighted by Crippen LogP contribution is 2.13. The quantitative estimate of drug-likeness (QED) is 0.769. The Morgan fingerprint density at radius 2 is 1.87 bits per heavy atom. The number of hydrogen-bond donors (Lipinski definition) is 2. The Hall–Kier alpha value is -1.93. The average Bonchev–Trinajstić information content (AvgIpc) is 3.01. The van der Waals surface area contributed by atoms with Crippen molar-refractivity contribution in [1.29, 1.82) is 0 Å². The van der Waals surface area contributed by atoms with Crippen LogP contribution >= 0.6 is 0 Å². The molecule has 2 aromatic rings. The molecule has 8 heteroatoms. The number of fused-ring (bicyclic) bond motifs is 1. The van der Waals surface area contributed by atoms with Crippen molar-refractivity contribution < 1.29 is 0 Å². The number of piperazine rings is 1. The highest BCUT2D eigenvalue weighted by molar-refractivity contribution is 5.69. The van der Waals surface area contributed by atoms with Crippen LogP contribution in [0.15, 0.2) is 9.59 Å². The largest absolute Gasteiger partial charge is 0.336 e. The van der Waals surface area contributed by atoms with Crippen LogP contribution < -0.4 is 16.6 Å². The fraction of sp³-hybridized carbons (Fsp3) is 0.667. The van der Waals surface area contributed by atoms with E-state index in [1.54, 1.807) is 7.05 Å². The monoisotopic (exact) mass is 320 g/mol. The molecule has 0 amide bonds. The molecule has 0 aliphatic carbocycles. The Morgan fingerprint density at radius 1 is 1.17 bits per heavy atom. The smallest absolute Gasteiger partial charge is 0.332 e. The molecule has 8 nitrogen and oxygen atoms in total. The summed E-state index contributed by atoms with van der Waals surface area (Å²) >= 11 is 0. The summed E-state index contributed by atoms with van der Waals surface area (Å²) < 4.78 is 2.53. The van der Waals surface area contributed by atoms with Crippen molar-refractivity contribution in [2.24, 2.45) is 14.1 Å². The van der Waals surface area contributed by atoms with Crippen molar-refractivity contribution >= 4 is 11.2 Å². The van der Waals surface area contributed by atoms with Crippen molar-refractivity contribution in [1.82, 2.24) is 29.3 Å². The van der Waals surface area contributed by atoms with Crippen molar-refractivity contribution in [2.45, 2.75) is 25.8 Å². The first kappa shape index (κ1) is 15.9. The van der Waals surface area contributed by atoms with E-state index in [0.717, 1.165) is 49.4 Å². The van der Waals surface area contributed by atoms with E-state index < -0.39 is 0 Å². The lowest BCUT2D eigenvalue weighted by Crippen LogP contribution is -2.49. The summed E-state index contributed by atoms with van der Waals surface area (Å²) in [6, 6.07) is 0.388. The maximum atomic E-state index is 12.2. The van der Waals surface area contributed by atoms with E-state index in [1.807, 2.05) is 0 Å². The molecule has 0 radical (unpaired) electrons. The molecule has 0 bridgehead atoms. The number of aromatic amines is 1. The van der Waals surface area contributed by atoms with Crippen LogP contribution in [0.25, 0.3) is 11.2 Å². The number of nitrogens with zero attached hydrogens (tertiary/aromatic N) is 4. The van der Waals surface area contributed by atoms with Crippen LogP contribution in [-0.2, 0) is 20.5 Å². The van der Waals surface area contributed by atoms with Crippen molar-refractivity contribution in [3.05, 3.63) is 26.7 Å². The average molecular weight is 320 g/mol. The van der Waals surface area contributed by atoms with Crippen LogP contribution in [-0.4, -0.2) is 56.2 Å². The van der Waals surface area contributed by atoms with Gasteiger partial charge in [-0.3, -0.25) is 18.8 Å². The molecule has 1 aliphatic rings. The minimum absolute atomic E-state index is 0.322. The zero-order chi connectivity index (χ0) is 16.6. The van der Waals surface area contributed by atoms with Crippen LogP contribution in [0, 0.1) is 0 Å². The second kappa shape index (κ2) is 6.29. The van der Waals surface area contributed by atoms with E-state index in [0.29, 0.717) is 17.2 Å². The van der Waals surface area contributed by atoms with Gasteiger partial charge in [0.15, 0.2) is 5.65 Å². The van der Waals surface area contributed by atoms with Gasteiger partial charge in [0, 0.05) is 52.7 Å². The molecule has 1 atom stereocenters. The van der Waals surface area contributed by atoms with Crippen molar-refractivity contribution in [3.8, 4) is 0 Å². The normalized spacial score (nSPS) is 17.7. The first-order valence-corrected chi connectivity index (χ1v) is 8.12. The first-order chi connectivity index (χ1) is 11.0. The van der Waals surface area contributed by atoms with Crippen LogP contribution in [0.4, 0.5) is 0 Å². The van der Waals surface area contributed by atoms with Gasteiger partial charge in [-0.1, -0.05) is 6.92 Å². The summed E-state index contributed by atoms with van der Waals surface area (Å²) in [7, 11) is 3.13. The number of hydrogen-bond acceptors (Lipinski definition) is 5. The molecule has 23 heavy (non-hydrogen) atoms. The van der Waals surface area contributed by atoms with E-state index in [2.05, 4.69) is 27.1 Å². The molecule has 0 spiro atoms. The summed E-state index contributed by atoms with van der Waals surface area (Å²) in [5.74, 6) is 0.767. The molecule has 2 aromatic heterocycles. The zero-order valence-corrected chi connectivity index (χ0v) is 13.9. The van der Waals surface area contributed by atoms with Crippen molar-refractivity contribution in [3.63, 3.8) is 0 Å². The molecule has 0 saturated carbocycles. The summed E-state index contributed by atoms with van der Waals surface area (Å²) in [6.07, 6.45) is 1.77. The number of aromatic nitrogens is 4. The standard InChI is InChI=1S/C15H24N6O2/c1-4-10(21-7-5-16-6-8-21)9-11-17-12-13(18-11)19(2)15(23)20(3)14(12)22/h10,16H,4-9H2,1-3H3,(H,17,18). The van der Waals surface area contributed by atoms with E-state index in [4.69, 9.17) is 0 Å². The van der Waals surface area contributed by atoms with Gasteiger partial charge in [0.05, 0.1) is 0 Å².